The molecule has 1 aliphatic carbocycles. The van der Waals surface area contributed by atoms with Gasteiger partial charge in [0, 0.05) is 0 Å². The van der Waals surface area contributed by atoms with E-state index in [-0.39, 0.29) is 9.83 Å². The third-order valence-corrected chi connectivity index (χ3v) is 9.77. The number of aryl methyl sites for hydroxylation is 1. The number of nitrogens with two attached hydrogens (primary N) is 2. The molecule has 1 aliphatic heterocycles. The summed E-state index contributed by atoms with van der Waals surface area (Å²) in [5.41, 5.74) is 18.6. The molecule has 154 valence electrons. The van der Waals surface area contributed by atoms with Gasteiger partial charge in [0.05, 0.1) is 0 Å². The van der Waals surface area contributed by atoms with E-state index >= 15 is 0 Å². The van der Waals surface area contributed by atoms with Crippen molar-refractivity contribution in [1.29, 1.82) is 0 Å². The van der Waals surface area contributed by atoms with Crippen LogP contribution in [0.5, 0.6) is 6.01 Å². The summed E-state index contributed by atoms with van der Waals surface area (Å²) in [6, 6.07) is 6.16. The Morgan fingerprint density at radius 2 is 2.20 bits per heavy atom. The monoisotopic (exact) mass is 515 g/mol. The third-order valence-electron chi connectivity index (χ3n) is 5.50. The molecule has 0 spiro atoms. The molecule has 0 saturated carbocycles. The van der Waals surface area contributed by atoms with Gasteiger partial charge in [0.25, 0.3) is 0 Å². The van der Waals surface area contributed by atoms with E-state index in [9.17, 15) is 4.79 Å². The minimum absolute atomic E-state index is 0.00536. The van der Waals surface area contributed by atoms with E-state index in [1.807, 2.05) is 32.0 Å². The van der Waals surface area contributed by atoms with Crippen LogP contribution in [0.25, 0.3) is 22.0 Å². The first-order valence-corrected chi connectivity index (χ1v) is 11.8. The van der Waals surface area contributed by atoms with E-state index in [1.165, 1.54) is 0 Å². The number of primary amides is 1. The van der Waals surface area contributed by atoms with Crippen LogP contribution in [0.2, 0.25) is 0 Å². The summed E-state index contributed by atoms with van der Waals surface area (Å²) in [7, 11) is 0. The molecule has 2 atom stereocenters. The fourth-order valence-corrected chi connectivity index (χ4v) is 7.57. The minimum atomic E-state index is -0.784. The van der Waals surface area contributed by atoms with Gasteiger partial charge in [-0.2, -0.15) is 0 Å². The quantitative estimate of drug-likeness (QED) is 0.281. The maximum atomic E-state index is 12.6. The van der Waals surface area contributed by atoms with Crippen LogP contribution in [0.15, 0.2) is 42.4 Å². The molecular formula is C21H20IN6O2-. The number of fused-ring (bicyclic) bond motifs is 2. The average molecular weight is 515 g/mol. The number of allylic oxidation sites excluding steroid dienone is 3. The number of hydrogen-bond donors (Lipinski definition) is 3. The number of alkyl halides is 2. The number of nitrogens with zero attached hydrogens (tertiary/aromatic N) is 3. The molecule has 3 aromatic rings. The molecule has 9 heteroatoms. The van der Waals surface area contributed by atoms with Gasteiger partial charge in [0.1, 0.15) is 0 Å². The second-order valence-corrected chi connectivity index (χ2v) is 10.8. The van der Waals surface area contributed by atoms with Gasteiger partial charge in [-0.05, 0) is 0 Å². The predicted octanol–water partition coefficient (Wildman–Crippen LogP) is -1.48. The molecule has 2 aromatic heterocycles. The number of H-pyrrole nitrogens is 1. The second-order valence-electron chi connectivity index (χ2n) is 7.22. The van der Waals surface area contributed by atoms with E-state index in [2.05, 4.69) is 26.2 Å². The first kappa shape index (κ1) is 19.0. The molecule has 1 fully saturated rings. The van der Waals surface area contributed by atoms with Crippen LogP contribution < -0.4 is 37.4 Å². The van der Waals surface area contributed by atoms with Gasteiger partial charge in [-0.25, -0.2) is 0 Å². The van der Waals surface area contributed by atoms with E-state index in [0.29, 0.717) is 18.3 Å². The molecule has 0 radical (unpaired) electrons. The normalized spacial score (nSPS) is 22.9. The number of carbonyl (C=O) groups is 1. The summed E-state index contributed by atoms with van der Waals surface area (Å²) < 4.78 is 4.70. The van der Waals surface area contributed by atoms with Crippen LogP contribution in [0.4, 0.5) is 0 Å². The number of ether oxygens (including phenoxy) is 1. The van der Waals surface area contributed by atoms with Crippen LogP contribution in [0.3, 0.4) is 0 Å². The fourth-order valence-electron chi connectivity index (χ4n) is 4.02. The number of aromatic nitrogens is 4. The zero-order valence-corrected chi connectivity index (χ0v) is 18.6. The Labute approximate surface area is 183 Å². The standard InChI is InChI=1S/C21H20IN6O2/c1-3-30-20-25-7-6-14(27-20)11-8-12(18(23)21(19(24)29)17(11)22-21)16-10(2)4-5-15-13(16)9-26-28-15/h4-9,17H,3,23H2,1-2H3,(H2,24,29)(H,26,28)/q-1. The van der Waals surface area contributed by atoms with Crippen molar-refractivity contribution in [1.82, 2.24) is 20.2 Å². The topological polar surface area (TPSA) is 133 Å². The van der Waals surface area contributed by atoms with Crippen LogP contribution in [0.1, 0.15) is 23.7 Å². The van der Waals surface area contributed by atoms with Crippen LogP contribution in [0, 0.1) is 6.92 Å². The molecule has 5 N–H and O–H groups in total. The van der Waals surface area contributed by atoms with E-state index < -0.39 is 24.6 Å². The Bertz CT molecular complexity index is 1260. The zero-order chi connectivity index (χ0) is 21.0. The van der Waals surface area contributed by atoms with Crippen molar-refractivity contribution in [2.45, 2.75) is 21.2 Å². The van der Waals surface area contributed by atoms with Gasteiger partial charge in [-0.1, -0.05) is 0 Å². The number of hydrogen-bond acceptors (Lipinski definition) is 6. The Hall–Kier alpha value is -2.95. The Kier molecular flexibility index (Phi) is 4.31. The number of carbonyl (C=O) groups excluding carboxylic acids is 1. The van der Waals surface area contributed by atoms with Crippen molar-refractivity contribution in [2.24, 2.45) is 11.5 Å². The molecule has 0 bridgehead atoms. The molecule has 30 heavy (non-hydrogen) atoms. The maximum absolute atomic E-state index is 12.6. The van der Waals surface area contributed by atoms with Gasteiger partial charge >= 0.3 is 183 Å². The SMILES string of the molecule is CCOc1nccc(C2=CC(c3c(C)ccc4[nH]ncc34)=C(N)C3(C(N)=O)[I-]C23)n1. The number of halogens is 1. The second kappa shape index (κ2) is 6.79. The number of nitrogens with one attached hydrogen (secondary N) is 1. The van der Waals surface area contributed by atoms with E-state index in [0.717, 1.165) is 38.9 Å². The molecular weight excluding hydrogens is 495 g/mol. The van der Waals surface area contributed by atoms with Crippen molar-refractivity contribution < 1.29 is 30.7 Å². The molecule has 3 heterocycles. The Balaban J connectivity index is 1.75. The summed E-state index contributed by atoms with van der Waals surface area (Å²) in [5, 5.41) is 8.14. The first-order chi connectivity index (χ1) is 14.5. The van der Waals surface area contributed by atoms with E-state index in [4.69, 9.17) is 16.2 Å². The van der Waals surface area contributed by atoms with Gasteiger partial charge in [0.2, 0.25) is 0 Å². The number of benzene rings is 1. The van der Waals surface area contributed by atoms with Crippen molar-refractivity contribution >= 4 is 28.0 Å². The van der Waals surface area contributed by atoms with Crippen molar-refractivity contribution in [2.75, 3.05) is 6.61 Å². The van der Waals surface area contributed by atoms with Gasteiger partial charge in [-0.3, -0.25) is 0 Å². The van der Waals surface area contributed by atoms with Crippen LogP contribution in [-0.4, -0.2) is 40.0 Å². The number of rotatable bonds is 5. The van der Waals surface area contributed by atoms with Crippen LogP contribution >= 0.6 is 0 Å². The van der Waals surface area contributed by atoms with Crippen molar-refractivity contribution in [3.05, 3.63) is 59.2 Å². The Morgan fingerprint density at radius 1 is 1.37 bits per heavy atom. The van der Waals surface area contributed by atoms with Gasteiger partial charge < -0.3 is 0 Å². The molecule has 2 unspecified atom stereocenters. The number of aromatic amines is 1. The Morgan fingerprint density at radius 3 is 2.97 bits per heavy atom. The average Bonchev–Trinajstić information content (AvgIpc) is 3.33. The summed E-state index contributed by atoms with van der Waals surface area (Å²) in [6.07, 6.45) is 5.51. The molecule has 2 aliphatic rings. The summed E-state index contributed by atoms with van der Waals surface area (Å²) in [6.45, 7) is 4.39. The fraction of sp³-hybridized carbons (Fsp3) is 0.238. The van der Waals surface area contributed by atoms with Gasteiger partial charge in [-0.15, -0.1) is 0 Å². The first-order valence-electron chi connectivity index (χ1n) is 9.53. The molecule has 8 nitrogen and oxygen atoms in total. The zero-order valence-electron chi connectivity index (χ0n) is 16.4. The predicted molar refractivity (Wildman–Crippen MR) is 109 cm³/mol. The summed E-state index contributed by atoms with van der Waals surface area (Å²) >= 11 is -0.593. The molecule has 1 saturated heterocycles. The third kappa shape index (κ3) is 2.64. The molecule has 5 rings (SSSR count). The van der Waals surface area contributed by atoms with Crippen molar-refractivity contribution in [3.8, 4) is 6.01 Å². The van der Waals surface area contributed by atoms with Gasteiger partial charge in [0.15, 0.2) is 0 Å². The summed E-state index contributed by atoms with van der Waals surface area (Å²) in [5.74, 6) is -0.364. The van der Waals surface area contributed by atoms with E-state index in [1.54, 1.807) is 12.4 Å². The summed E-state index contributed by atoms with van der Waals surface area (Å²) in [4.78, 5) is 21.3. The number of amides is 1. The molecule has 1 amide bonds. The van der Waals surface area contributed by atoms with Crippen molar-refractivity contribution in [3.63, 3.8) is 0 Å². The molecule has 1 aromatic carbocycles. The van der Waals surface area contributed by atoms with Crippen LogP contribution in [-0.2, 0) is 4.79 Å².